The van der Waals surface area contributed by atoms with Crippen LogP contribution in [0.5, 0.6) is 0 Å². The lowest BCUT2D eigenvalue weighted by atomic mass is 10.1. The third-order valence-electron chi connectivity index (χ3n) is 2.20. The molecule has 3 N–H and O–H groups in total. The molecule has 14 heavy (non-hydrogen) atoms. The smallest absolute Gasteiger partial charge is 0.246 e. The maximum atomic E-state index is 11.1. The van der Waals surface area contributed by atoms with Gasteiger partial charge in [0.05, 0.1) is 0 Å². The van der Waals surface area contributed by atoms with Crippen molar-refractivity contribution in [2.75, 3.05) is 33.4 Å². The first-order chi connectivity index (χ1) is 6.27. The van der Waals surface area contributed by atoms with Crippen LogP contribution < -0.4 is 10.6 Å². The topological polar surface area (TPSA) is 70.6 Å². The minimum Gasteiger partial charge on any atom is -0.396 e. The molecule has 1 amide bonds. The van der Waals surface area contributed by atoms with Crippen molar-refractivity contribution in [2.45, 2.75) is 6.04 Å². The first kappa shape index (κ1) is 13.6. The minimum absolute atomic E-state index is 0. The van der Waals surface area contributed by atoms with Gasteiger partial charge in [0, 0.05) is 38.8 Å². The Hall–Kier alpha value is -0.360. The molecule has 1 fully saturated rings. The fourth-order valence-corrected chi connectivity index (χ4v) is 1.47. The van der Waals surface area contributed by atoms with Crippen LogP contribution in [0, 0.1) is 5.92 Å². The van der Waals surface area contributed by atoms with Crippen LogP contribution in [0.15, 0.2) is 0 Å². The Kier molecular flexibility index (Phi) is 6.82. The average molecular weight is 225 g/mol. The lowest BCUT2D eigenvalue weighted by Gasteiger charge is -2.17. The zero-order valence-corrected chi connectivity index (χ0v) is 8.97. The predicted molar refractivity (Wildman–Crippen MR) is 54.5 cm³/mol. The molecule has 0 aromatic rings. The van der Waals surface area contributed by atoms with Crippen LogP contribution in [-0.4, -0.2) is 50.5 Å². The molecule has 0 spiro atoms. The number of aliphatic hydroxyl groups is 1. The van der Waals surface area contributed by atoms with Crippen LogP contribution >= 0.6 is 12.4 Å². The van der Waals surface area contributed by atoms with Crippen LogP contribution in [0.1, 0.15) is 0 Å². The number of nitrogens with one attached hydrogen (secondary N) is 2. The number of methoxy groups -OCH3 is 1. The van der Waals surface area contributed by atoms with E-state index in [1.165, 1.54) is 7.11 Å². The average Bonchev–Trinajstić information content (AvgIpc) is 2.52. The number of amides is 1. The lowest BCUT2D eigenvalue weighted by Crippen LogP contribution is -2.42. The zero-order valence-electron chi connectivity index (χ0n) is 8.16. The summed E-state index contributed by atoms with van der Waals surface area (Å²) in [6.45, 7) is 1.66. The fraction of sp³-hybridized carbons (Fsp3) is 0.875. The van der Waals surface area contributed by atoms with Gasteiger partial charge in [0.25, 0.3) is 0 Å². The number of aliphatic hydroxyl groups excluding tert-OH is 1. The summed E-state index contributed by atoms with van der Waals surface area (Å²) in [5.74, 6) is -0.00421. The number of ether oxygens (including phenoxy) is 1. The molecule has 0 unspecified atom stereocenters. The standard InChI is InChI=1S/C8H16N2O3.ClH/c1-13-5-8(12)10-7-3-9-2-6(7)4-11;/h6-7,9,11H,2-5H2,1H3,(H,10,12);1H/t6-,7+;/m0./s1. The van der Waals surface area contributed by atoms with E-state index >= 15 is 0 Å². The van der Waals surface area contributed by atoms with E-state index in [0.29, 0.717) is 0 Å². The molecule has 1 saturated heterocycles. The van der Waals surface area contributed by atoms with Gasteiger partial charge in [0.1, 0.15) is 6.61 Å². The van der Waals surface area contributed by atoms with E-state index in [4.69, 9.17) is 5.11 Å². The Morgan fingerprint density at radius 3 is 2.93 bits per heavy atom. The molecule has 5 nitrogen and oxygen atoms in total. The second-order valence-corrected chi connectivity index (χ2v) is 3.21. The van der Waals surface area contributed by atoms with Gasteiger partial charge in [-0.3, -0.25) is 4.79 Å². The Labute approximate surface area is 89.6 Å². The van der Waals surface area contributed by atoms with Crippen LogP contribution in [0.25, 0.3) is 0 Å². The maximum Gasteiger partial charge on any atom is 0.246 e. The molecule has 1 heterocycles. The van der Waals surface area contributed by atoms with E-state index < -0.39 is 0 Å². The van der Waals surface area contributed by atoms with Gasteiger partial charge in [0.2, 0.25) is 5.91 Å². The molecule has 84 valence electrons. The highest BCUT2D eigenvalue weighted by atomic mass is 35.5. The molecule has 0 bridgehead atoms. The molecule has 0 saturated carbocycles. The van der Waals surface area contributed by atoms with Gasteiger partial charge in [-0.1, -0.05) is 0 Å². The van der Waals surface area contributed by atoms with E-state index in [2.05, 4.69) is 15.4 Å². The van der Waals surface area contributed by atoms with Crippen molar-refractivity contribution >= 4 is 18.3 Å². The monoisotopic (exact) mass is 224 g/mol. The molecule has 2 atom stereocenters. The Bertz CT molecular complexity index is 180. The van der Waals surface area contributed by atoms with Crippen LogP contribution in [-0.2, 0) is 9.53 Å². The highest BCUT2D eigenvalue weighted by Gasteiger charge is 2.27. The molecule has 0 aromatic heterocycles. The molecule has 6 heteroatoms. The van der Waals surface area contributed by atoms with Crippen molar-refractivity contribution in [3.63, 3.8) is 0 Å². The van der Waals surface area contributed by atoms with Gasteiger partial charge < -0.3 is 20.5 Å². The predicted octanol–water partition coefficient (Wildman–Crippen LogP) is -1.25. The van der Waals surface area contributed by atoms with Crippen molar-refractivity contribution in [3.05, 3.63) is 0 Å². The van der Waals surface area contributed by atoms with Gasteiger partial charge in [-0.15, -0.1) is 12.4 Å². The first-order valence-corrected chi connectivity index (χ1v) is 4.37. The van der Waals surface area contributed by atoms with Crippen molar-refractivity contribution < 1.29 is 14.6 Å². The van der Waals surface area contributed by atoms with E-state index in [-0.39, 0.29) is 43.5 Å². The second-order valence-electron chi connectivity index (χ2n) is 3.21. The van der Waals surface area contributed by atoms with Crippen LogP contribution in [0.2, 0.25) is 0 Å². The molecule has 0 aromatic carbocycles. The van der Waals surface area contributed by atoms with Crippen molar-refractivity contribution in [3.8, 4) is 0 Å². The maximum absolute atomic E-state index is 11.1. The molecular weight excluding hydrogens is 208 g/mol. The summed E-state index contributed by atoms with van der Waals surface area (Å²) in [6.07, 6.45) is 0. The molecular formula is C8H17ClN2O3. The first-order valence-electron chi connectivity index (χ1n) is 4.37. The third-order valence-corrected chi connectivity index (χ3v) is 2.20. The Balaban J connectivity index is 0.00000169. The number of carbonyl (C=O) groups is 1. The minimum atomic E-state index is -0.130. The number of hydrogen-bond donors (Lipinski definition) is 3. The molecule has 1 aliphatic heterocycles. The van der Waals surface area contributed by atoms with E-state index in [0.717, 1.165) is 13.1 Å². The molecule has 1 rings (SSSR count). The zero-order chi connectivity index (χ0) is 9.68. The number of halogens is 1. The summed E-state index contributed by atoms with van der Waals surface area (Å²) in [4.78, 5) is 11.1. The Morgan fingerprint density at radius 1 is 1.64 bits per heavy atom. The van der Waals surface area contributed by atoms with E-state index in [1.54, 1.807) is 0 Å². The summed E-state index contributed by atoms with van der Waals surface area (Å²) < 4.78 is 4.69. The summed E-state index contributed by atoms with van der Waals surface area (Å²) in [5, 5.41) is 14.9. The van der Waals surface area contributed by atoms with E-state index in [1.807, 2.05) is 0 Å². The van der Waals surface area contributed by atoms with Crippen molar-refractivity contribution in [1.82, 2.24) is 10.6 Å². The number of carbonyl (C=O) groups excluding carboxylic acids is 1. The van der Waals surface area contributed by atoms with Crippen LogP contribution in [0.4, 0.5) is 0 Å². The lowest BCUT2D eigenvalue weighted by molar-refractivity contribution is -0.125. The van der Waals surface area contributed by atoms with E-state index in [9.17, 15) is 4.79 Å². The molecule has 1 aliphatic rings. The Morgan fingerprint density at radius 2 is 2.36 bits per heavy atom. The van der Waals surface area contributed by atoms with Gasteiger partial charge in [-0.05, 0) is 0 Å². The summed E-state index contributed by atoms with van der Waals surface area (Å²) in [6, 6.07) is 0.0349. The summed E-state index contributed by atoms with van der Waals surface area (Å²) in [7, 11) is 1.48. The van der Waals surface area contributed by atoms with Gasteiger partial charge >= 0.3 is 0 Å². The highest BCUT2D eigenvalue weighted by molar-refractivity contribution is 5.85. The summed E-state index contributed by atoms with van der Waals surface area (Å²) >= 11 is 0. The second kappa shape index (κ2) is 7.00. The summed E-state index contributed by atoms with van der Waals surface area (Å²) in [5.41, 5.74) is 0. The van der Waals surface area contributed by atoms with Gasteiger partial charge in [-0.25, -0.2) is 0 Å². The van der Waals surface area contributed by atoms with Crippen molar-refractivity contribution in [1.29, 1.82) is 0 Å². The third kappa shape index (κ3) is 3.79. The van der Waals surface area contributed by atoms with Crippen molar-refractivity contribution in [2.24, 2.45) is 5.92 Å². The SMILES string of the molecule is COCC(=O)N[C@@H]1CNC[C@H]1CO.Cl. The normalized spacial score (nSPS) is 25.6. The molecule has 0 radical (unpaired) electrons. The van der Waals surface area contributed by atoms with Gasteiger partial charge in [-0.2, -0.15) is 0 Å². The number of hydrogen-bond acceptors (Lipinski definition) is 4. The van der Waals surface area contributed by atoms with Crippen LogP contribution in [0.3, 0.4) is 0 Å². The molecule has 0 aliphatic carbocycles. The highest BCUT2D eigenvalue weighted by Crippen LogP contribution is 2.07. The van der Waals surface area contributed by atoms with Gasteiger partial charge in [0.15, 0.2) is 0 Å². The largest absolute Gasteiger partial charge is 0.396 e. The fourth-order valence-electron chi connectivity index (χ4n) is 1.47. The quantitative estimate of drug-likeness (QED) is 0.558. The number of rotatable bonds is 4.